The molecule has 0 saturated carbocycles. The molecule has 0 amide bonds. The van der Waals surface area contributed by atoms with Gasteiger partial charge in [0.25, 0.3) is 0 Å². The van der Waals surface area contributed by atoms with Gasteiger partial charge in [-0.05, 0) is 31.5 Å². The Morgan fingerprint density at radius 2 is 2.00 bits per heavy atom. The molecular weight excluding hydrogens is 352 g/mol. The topological polar surface area (TPSA) is 94.7 Å². The van der Waals surface area contributed by atoms with Gasteiger partial charge in [-0.25, -0.2) is 15.0 Å². The standard InChI is InChI=1S/C20H22N8/c1-27(16-5-4-6-22-12-16)17-9-19(25-13-18(17)28-7-2-3-8-28)26-20-14-23-15(10-21)11-24-20/h2-3,7-9,11,13-14,16,22H,4-6,12H2,1H3,(H,24,25,26). The van der Waals surface area contributed by atoms with Crippen LogP contribution in [0.1, 0.15) is 18.5 Å². The molecule has 1 fully saturated rings. The van der Waals surface area contributed by atoms with Gasteiger partial charge >= 0.3 is 0 Å². The number of nitriles is 1. The molecule has 142 valence electrons. The van der Waals surface area contributed by atoms with Crippen molar-refractivity contribution in [3.05, 3.63) is 54.9 Å². The second-order valence-electron chi connectivity index (χ2n) is 6.78. The first kappa shape index (κ1) is 17.9. The van der Waals surface area contributed by atoms with Crippen LogP contribution < -0.4 is 15.5 Å². The van der Waals surface area contributed by atoms with Crippen molar-refractivity contribution in [2.45, 2.75) is 18.9 Å². The van der Waals surface area contributed by atoms with E-state index >= 15 is 0 Å². The van der Waals surface area contributed by atoms with E-state index in [2.05, 4.69) is 42.1 Å². The fourth-order valence-corrected chi connectivity index (χ4v) is 3.42. The normalized spacial score (nSPS) is 16.4. The van der Waals surface area contributed by atoms with Crippen LogP contribution in [0.25, 0.3) is 5.69 Å². The summed E-state index contributed by atoms with van der Waals surface area (Å²) in [7, 11) is 2.13. The number of aromatic nitrogens is 4. The fourth-order valence-electron chi connectivity index (χ4n) is 3.42. The van der Waals surface area contributed by atoms with Crippen LogP contribution in [0.2, 0.25) is 0 Å². The van der Waals surface area contributed by atoms with Gasteiger partial charge < -0.3 is 20.1 Å². The lowest BCUT2D eigenvalue weighted by Crippen LogP contribution is -2.44. The molecule has 28 heavy (non-hydrogen) atoms. The van der Waals surface area contributed by atoms with Crippen molar-refractivity contribution in [1.29, 1.82) is 5.26 Å². The zero-order chi connectivity index (χ0) is 19.3. The van der Waals surface area contributed by atoms with E-state index in [1.54, 1.807) is 0 Å². The maximum atomic E-state index is 8.86. The molecule has 1 aliphatic rings. The second kappa shape index (κ2) is 8.06. The molecule has 1 aliphatic heterocycles. The summed E-state index contributed by atoms with van der Waals surface area (Å²) in [5.74, 6) is 1.23. The maximum Gasteiger partial charge on any atom is 0.158 e. The fraction of sp³-hybridized carbons (Fsp3) is 0.300. The largest absolute Gasteiger partial charge is 0.368 e. The van der Waals surface area contributed by atoms with Crippen molar-refractivity contribution in [2.75, 3.05) is 30.4 Å². The van der Waals surface area contributed by atoms with Crippen LogP contribution in [0.15, 0.2) is 49.2 Å². The zero-order valence-electron chi connectivity index (χ0n) is 15.7. The lowest BCUT2D eigenvalue weighted by Gasteiger charge is -2.34. The van der Waals surface area contributed by atoms with Crippen LogP contribution in [-0.2, 0) is 0 Å². The van der Waals surface area contributed by atoms with Gasteiger partial charge in [0.05, 0.1) is 30.0 Å². The Labute approximate surface area is 163 Å². The van der Waals surface area contributed by atoms with Crippen LogP contribution in [0.4, 0.5) is 17.3 Å². The van der Waals surface area contributed by atoms with Crippen LogP contribution >= 0.6 is 0 Å². The lowest BCUT2D eigenvalue weighted by atomic mass is 10.1. The molecule has 1 atom stereocenters. The Balaban J connectivity index is 1.66. The summed E-state index contributed by atoms with van der Waals surface area (Å²) in [6.45, 7) is 2.04. The predicted octanol–water partition coefficient (Wildman–Crippen LogP) is 2.47. The summed E-state index contributed by atoms with van der Waals surface area (Å²) < 4.78 is 2.07. The van der Waals surface area contributed by atoms with E-state index in [1.807, 2.05) is 42.9 Å². The van der Waals surface area contributed by atoms with Crippen LogP contribution in [0.3, 0.4) is 0 Å². The van der Waals surface area contributed by atoms with Gasteiger partial charge in [0.2, 0.25) is 0 Å². The van der Waals surface area contributed by atoms with E-state index in [-0.39, 0.29) is 5.69 Å². The number of likely N-dealkylation sites (N-methyl/N-ethyl adjacent to an activating group) is 1. The highest BCUT2D eigenvalue weighted by Gasteiger charge is 2.21. The molecule has 3 aromatic heterocycles. The molecule has 4 rings (SSSR count). The third kappa shape index (κ3) is 3.80. The van der Waals surface area contributed by atoms with Gasteiger partial charge in [-0.15, -0.1) is 0 Å². The van der Waals surface area contributed by atoms with Crippen molar-refractivity contribution >= 4 is 17.3 Å². The van der Waals surface area contributed by atoms with E-state index in [4.69, 9.17) is 5.26 Å². The molecule has 0 aliphatic carbocycles. The van der Waals surface area contributed by atoms with Crippen molar-refractivity contribution < 1.29 is 0 Å². The molecule has 0 radical (unpaired) electrons. The van der Waals surface area contributed by atoms with E-state index in [0.29, 0.717) is 17.7 Å². The van der Waals surface area contributed by atoms with Gasteiger partial charge in [0.15, 0.2) is 5.69 Å². The Hall–Kier alpha value is -3.44. The minimum Gasteiger partial charge on any atom is -0.368 e. The average Bonchev–Trinajstić information content (AvgIpc) is 3.29. The van der Waals surface area contributed by atoms with Gasteiger partial charge in [0, 0.05) is 38.1 Å². The lowest BCUT2D eigenvalue weighted by molar-refractivity contribution is 0.445. The van der Waals surface area contributed by atoms with Gasteiger partial charge in [0.1, 0.15) is 17.7 Å². The molecule has 8 heteroatoms. The summed E-state index contributed by atoms with van der Waals surface area (Å²) in [6.07, 6.45) is 11.2. The number of hydrogen-bond donors (Lipinski definition) is 2. The molecule has 8 nitrogen and oxygen atoms in total. The number of rotatable bonds is 5. The smallest absolute Gasteiger partial charge is 0.158 e. The minimum atomic E-state index is 0.284. The van der Waals surface area contributed by atoms with E-state index in [0.717, 1.165) is 30.9 Å². The molecule has 0 aromatic carbocycles. The number of piperidine rings is 1. The highest BCUT2D eigenvalue weighted by atomic mass is 15.2. The zero-order valence-corrected chi connectivity index (χ0v) is 15.7. The summed E-state index contributed by atoms with van der Waals surface area (Å²) in [4.78, 5) is 15.1. The summed E-state index contributed by atoms with van der Waals surface area (Å²) in [5, 5.41) is 15.5. The van der Waals surface area contributed by atoms with E-state index in [1.165, 1.54) is 18.8 Å². The predicted molar refractivity (Wildman–Crippen MR) is 108 cm³/mol. The van der Waals surface area contributed by atoms with Crippen molar-refractivity contribution in [3.63, 3.8) is 0 Å². The maximum absolute atomic E-state index is 8.86. The Morgan fingerprint density at radius 3 is 2.68 bits per heavy atom. The van der Waals surface area contributed by atoms with Gasteiger partial charge in [-0.2, -0.15) is 5.26 Å². The number of hydrogen-bond acceptors (Lipinski definition) is 7. The number of pyridine rings is 1. The summed E-state index contributed by atoms with van der Waals surface area (Å²) in [6, 6.07) is 8.43. The Kier molecular flexibility index (Phi) is 5.17. The molecule has 2 N–H and O–H groups in total. The average molecular weight is 374 g/mol. The van der Waals surface area contributed by atoms with E-state index < -0.39 is 0 Å². The van der Waals surface area contributed by atoms with E-state index in [9.17, 15) is 0 Å². The summed E-state index contributed by atoms with van der Waals surface area (Å²) >= 11 is 0. The quantitative estimate of drug-likeness (QED) is 0.708. The molecule has 3 aromatic rings. The SMILES string of the molecule is CN(c1cc(Nc2cnc(C#N)cn2)ncc1-n1cccc1)C1CCCNC1. The Bertz CT molecular complexity index is 953. The molecule has 4 heterocycles. The monoisotopic (exact) mass is 374 g/mol. The van der Waals surface area contributed by atoms with Crippen LogP contribution in [-0.4, -0.2) is 45.7 Å². The molecule has 1 unspecified atom stereocenters. The molecule has 0 spiro atoms. The van der Waals surface area contributed by atoms with Crippen LogP contribution in [0, 0.1) is 11.3 Å². The van der Waals surface area contributed by atoms with Crippen LogP contribution in [0.5, 0.6) is 0 Å². The first-order valence-corrected chi connectivity index (χ1v) is 9.31. The highest BCUT2D eigenvalue weighted by Crippen LogP contribution is 2.29. The van der Waals surface area contributed by atoms with Gasteiger partial charge in [-0.3, -0.25) is 0 Å². The molecular formula is C20H22N8. The summed E-state index contributed by atoms with van der Waals surface area (Å²) in [5.41, 5.74) is 2.39. The molecule has 1 saturated heterocycles. The highest BCUT2D eigenvalue weighted by molar-refractivity contribution is 5.68. The number of nitrogens with one attached hydrogen (secondary N) is 2. The van der Waals surface area contributed by atoms with Gasteiger partial charge in [-0.1, -0.05) is 0 Å². The van der Waals surface area contributed by atoms with Crippen molar-refractivity contribution in [2.24, 2.45) is 0 Å². The first-order chi connectivity index (χ1) is 13.7. The third-order valence-electron chi connectivity index (χ3n) is 4.97. The Morgan fingerprint density at radius 1 is 1.18 bits per heavy atom. The van der Waals surface area contributed by atoms with Crippen molar-refractivity contribution in [1.82, 2.24) is 24.8 Å². The number of nitrogens with zero attached hydrogens (tertiary/aromatic N) is 6. The molecule has 0 bridgehead atoms. The van der Waals surface area contributed by atoms with Crippen molar-refractivity contribution in [3.8, 4) is 11.8 Å². The number of anilines is 3. The minimum absolute atomic E-state index is 0.284. The second-order valence-corrected chi connectivity index (χ2v) is 6.78. The first-order valence-electron chi connectivity index (χ1n) is 9.31. The third-order valence-corrected chi connectivity index (χ3v) is 4.97.